The van der Waals surface area contributed by atoms with Crippen molar-refractivity contribution >= 4 is 5.90 Å². The van der Waals surface area contributed by atoms with Gasteiger partial charge in [0.05, 0.1) is 0 Å². The first kappa shape index (κ1) is 10.4. The van der Waals surface area contributed by atoms with E-state index >= 15 is 0 Å². The van der Waals surface area contributed by atoms with Crippen LogP contribution in [0.2, 0.25) is 0 Å². The van der Waals surface area contributed by atoms with Crippen molar-refractivity contribution in [3.63, 3.8) is 0 Å². The Labute approximate surface area is 80.4 Å². The molecule has 0 spiro atoms. The van der Waals surface area contributed by atoms with Crippen LogP contribution in [0.25, 0.3) is 0 Å². The Morgan fingerprint density at radius 1 is 1.15 bits per heavy atom. The Morgan fingerprint density at radius 3 is 2.15 bits per heavy atom. The lowest BCUT2D eigenvalue weighted by Crippen LogP contribution is -2.37. The molecule has 3 nitrogen and oxygen atoms in total. The molecule has 0 atom stereocenters. The van der Waals surface area contributed by atoms with Crippen LogP contribution < -0.4 is 5.11 Å². The minimum Gasteiger partial charge on any atom is -0.860 e. The van der Waals surface area contributed by atoms with Gasteiger partial charge in [-0.25, -0.2) is 0 Å². The molecule has 0 amide bonds. The van der Waals surface area contributed by atoms with E-state index in [-0.39, 0.29) is 11.3 Å². The van der Waals surface area contributed by atoms with E-state index in [0.717, 1.165) is 13.1 Å². The fourth-order valence-corrected chi connectivity index (χ4v) is 1.26. The number of hydrazone groups is 1. The number of hydrogen-bond donors (Lipinski definition) is 0. The lowest BCUT2D eigenvalue weighted by atomic mass is 9.97. The molecule has 0 bridgehead atoms. The van der Waals surface area contributed by atoms with Crippen LogP contribution in [0.15, 0.2) is 5.10 Å². The van der Waals surface area contributed by atoms with Crippen LogP contribution >= 0.6 is 0 Å². The van der Waals surface area contributed by atoms with Gasteiger partial charge in [0.1, 0.15) is 0 Å². The molecule has 0 N–H and O–H groups in total. The van der Waals surface area contributed by atoms with Crippen molar-refractivity contribution < 1.29 is 5.11 Å². The number of nitrogens with zero attached hydrogens (tertiary/aromatic N) is 2. The Balaban J connectivity index is 2.53. The molecular weight excluding hydrogens is 164 g/mol. The molecule has 13 heavy (non-hydrogen) atoms. The van der Waals surface area contributed by atoms with Crippen LogP contribution in [0, 0.1) is 5.41 Å². The fourth-order valence-electron chi connectivity index (χ4n) is 1.26. The summed E-state index contributed by atoms with van der Waals surface area (Å²) in [4.78, 5) is 0. The maximum Gasteiger partial charge on any atom is 0.0359 e. The highest BCUT2D eigenvalue weighted by Gasteiger charge is 2.12. The van der Waals surface area contributed by atoms with Crippen molar-refractivity contribution in [3.05, 3.63) is 0 Å². The molecule has 1 saturated heterocycles. The van der Waals surface area contributed by atoms with Crippen LogP contribution in [0.3, 0.4) is 0 Å². The molecule has 0 aliphatic carbocycles. The Kier molecular flexibility index (Phi) is 3.17. The van der Waals surface area contributed by atoms with Crippen LogP contribution in [0.4, 0.5) is 0 Å². The second-order valence-corrected chi connectivity index (χ2v) is 4.67. The monoisotopic (exact) mass is 183 g/mol. The molecule has 0 aromatic heterocycles. The van der Waals surface area contributed by atoms with Gasteiger partial charge in [0.25, 0.3) is 0 Å². The molecular formula is C10H19N2O-. The molecule has 1 heterocycles. The summed E-state index contributed by atoms with van der Waals surface area (Å²) in [5.41, 5.74) is -0.336. The smallest absolute Gasteiger partial charge is 0.0359 e. The SMILES string of the molecule is CC(C)(C)C([O-])=NN1CCCCC1. The van der Waals surface area contributed by atoms with E-state index in [1.54, 1.807) is 0 Å². The second-order valence-electron chi connectivity index (χ2n) is 4.67. The van der Waals surface area contributed by atoms with Gasteiger partial charge in [-0.2, -0.15) is 5.10 Å². The maximum absolute atomic E-state index is 11.5. The third kappa shape index (κ3) is 3.25. The van der Waals surface area contributed by atoms with Gasteiger partial charge in [0.2, 0.25) is 0 Å². The summed E-state index contributed by atoms with van der Waals surface area (Å²) in [5, 5.41) is 17.5. The highest BCUT2D eigenvalue weighted by molar-refractivity contribution is 5.76. The van der Waals surface area contributed by atoms with Crippen LogP contribution in [-0.2, 0) is 0 Å². The van der Waals surface area contributed by atoms with E-state index in [1.807, 2.05) is 25.8 Å². The molecule has 1 aliphatic heterocycles. The van der Waals surface area contributed by atoms with Crippen LogP contribution in [0.5, 0.6) is 0 Å². The quantitative estimate of drug-likeness (QED) is 0.452. The highest BCUT2D eigenvalue weighted by Crippen LogP contribution is 2.15. The third-order valence-corrected chi connectivity index (χ3v) is 2.21. The molecule has 3 heteroatoms. The molecule has 0 aromatic carbocycles. The van der Waals surface area contributed by atoms with E-state index in [2.05, 4.69) is 5.10 Å². The third-order valence-electron chi connectivity index (χ3n) is 2.21. The number of piperidine rings is 1. The lowest BCUT2D eigenvalue weighted by molar-refractivity contribution is -0.231. The van der Waals surface area contributed by atoms with Gasteiger partial charge in [0.15, 0.2) is 0 Å². The average molecular weight is 183 g/mol. The van der Waals surface area contributed by atoms with Crippen molar-refractivity contribution in [1.29, 1.82) is 0 Å². The molecule has 0 unspecified atom stereocenters. The summed E-state index contributed by atoms with van der Waals surface area (Å²) >= 11 is 0. The summed E-state index contributed by atoms with van der Waals surface area (Å²) < 4.78 is 0. The number of rotatable bonds is 1. The van der Waals surface area contributed by atoms with Gasteiger partial charge in [-0.15, -0.1) is 0 Å². The molecule has 0 radical (unpaired) electrons. The maximum atomic E-state index is 11.5. The summed E-state index contributed by atoms with van der Waals surface area (Å²) in [7, 11) is 0. The Bertz CT molecular complexity index is 188. The van der Waals surface area contributed by atoms with E-state index < -0.39 is 0 Å². The summed E-state index contributed by atoms with van der Waals surface area (Å²) in [6.07, 6.45) is 3.61. The zero-order valence-corrected chi connectivity index (χ0v) is 8.84. The minimum absolute atomic E-state index is 0.00519. The van der Waals surface area contributed by atoms with E-state index in [1.165, 1.54) is 19.3 Å². The van der Waals surface area contributed by atoms with Gasteiger partial charge in [-0.1, -0.05) is 20.8 Å². The normalized spacial score (nSPS) is 20.5. The van der Waals surface area contributed by atoms with E-state index in [4.69, 9.17) is 0 Å². The second kappa shape index (κ2) is 3.99. The molecule has 1 aliphatic rings. The minimum atomic E-state index is -0.336. The number of hydrogen-bond acceptors (Lipinski definition) is 3. The van der Waals surface area contributed by atoms with Gasteiger partial charge < -0.3 is 5.11 Å². The molecule has 76 valence electrons. The summed E-state index contributed by atoms with van der Waals surface area (Å²) in [5.74, 6) is -0.00519. The van der Waals surface area contributed by atoms with Crippen molar-refractivity contribution in [2.45, 2.75) is 40.0 Å². The van der Waals surface area contributed by atoms with Gasteiger partial charge >= 0.3 is 0 Å². The van der Waals surface area contributed by atoms with Crippen molar-refractivity contribution in [2.24, 2.45) is 10.5 Å². The zero-order valence-electron chi connectivity index (χ0n) is 8.84. The van der Waals surface area contributed by atoms with Crippen molar-refractivity contribution in [2.75, 3.05) is 13.1 Å². The Morgan fingerprint density at radius 2 is 1.69 bits per heavy atom. The largest absolute Gasteiger partial charge is 0.860 e. The van der Waals surface area contributed by atoms with E-state index in [0.29, 0.717) is 0 Å². The van der Waals surface area contributed by atoms with Gasteiger partial charge in [-0.3, -0.25) is 5.01 Å². The summed E-state index contributed by atoms with van der Waals surface area (Å²) in [6.45, 7) is 7.61. The topological polar surface area (TPSA) is 38.7 Å². The Hall–Kier alpha value is -0.730. The average Bonchev–Trinajstić information content (AvgIpc) is 2.04. The highest BCUT2D eigenvalue weighted by atomic mass is 16.3. The first-order valence-corrected chi connectivity index (χ1v) is 5.01. The molecule has 0 aromatic rings. The van der Waals surface area contributed by atoms with Gasteiger partial charge in [-0.05, 0) is 30.6 Å². The van der Waals surface area contributed by atoms with Crippen molar-refractivity contribution in [1.82, 2.24) is 5.01 Å². The van der Waals surface area contributed by atoms with Crippen LogP contribution in [-0.4, -0.2) is 24.0 Å². The van der Waals surface area contributed by atoms with E-state index in [9.17, 15) is 5.11 Å². The predicted molar refractivity (Wildman–Crippen MR) is 52.3 cm³/mol. The van der Waals surface area contributed by atoms with Crippen molar-refractivity contribution in [3.8, 4) is 0 Å². The fraction of sp³-hybridized carbons (Fsp3) is 0.900. The van der Waals surface area contributed by atoms with Crippen LogP contribution in [0.1, 0.15) is 40.0 Å². The zero-order chi connectivity index (χ0) is 9.90. The standard InChI is InChI=1S/C10H20N2O/c1-10(2,3)9(13)11-12-7-5-4-6-8-12/h4-8H2,1-3H3,(H,11,13)/p-1. The first-order chi connectivity index (χ1) is 6.00. The summed E-state index contributed by atoms with van der Waals surface area (Å²) in [6, 6.07) is 0. The predicted octanol–water partition coefficient (Wildman–Crippen LogP) is 1.19. The molecule has 1 rings (SSSR count). The van der Waals surface area contributed by atoms with Gasteiger partial charge in [0, 0.05) is 13.1 Å². The lowest BCUT2D eigenvalue weighted by Gasteiger charge is -2.31. The first-order valence-electron chi connectivity index (χ1n) is 5.01. The molecule has 1 fully saturated rings. The molecule has 0 saturated carbocycles.